The number of hydrogen-bond acceptors (Lipinski definition) is 3. The minimum atomic E-state index is -3.57. The molecule has 0 bridgehead atoms. The average Bonchev–Trinajstić information content (AvgIpc) is 2.60. The van der Waals surface area contributed by atoms with Crippen LogP contribution >= 0.6 is 0 Å². The van der Waals surface area contributed by atoms with Gasteiger partial charge in [-0.15, -0.1) is 0 Å². The first kappa shape index (κ1) is 17.2. The number of hydrogen-bond donors (Lipinski definition) is 1. The molecular formula is C19H18FNO3S. The predicted octanol–water partition coefficient (Wildman–Crippen LogP) is 4.73. The van der Waals surface area contributed by atoms with Gasteiger partial charge in [-0.25, -0.2) is 8.42 Å². The van der Waals surface area contributed by atoms with Gasteiger partial charge in [0.15, 0.2) is 0 Å². The van der Waals surface area contributed by atoms with Gasteiger partial charge >= 0.3 is 0 Å². The van der Waals surface area contributed by atoms with E-state index in [1.807, 2.05) is 42.5 Å². The number of benzene rings is 3. The lowest BCUT2D eigenvalue weighted by molar-refractivity contribution is 0.484. The van der Waals surface area contributed by atoms with E-state index in [1.54, 1.807) is 24.3 Å². The molecule has 3 rings (SSSR count). The molecule has 130 valence electrons. The molecule has 0 aromatic heterocycles. The highest BCUT2D eigenvalue weighted by molar-refractivity contribution is 7.92. The Morgan fingerprint density at radius 3 is 2.56 bits per heavy atom. The molecule has 0 unspecified atom stereocenters. The standard InChI is InChI=1S/C19H18FNO3S/c20-12-5-13-25(22,23)21-16-8-4-9-17(14-16)24-19-11-3-7-15-6-1-2-10-18(15)19/h1-4,6-11,14,21H,5,12-13H2. The predicted molar refractivity (Wildman–Crippen MR) is 98.5 cm³/mol. The van der Waals surface area contributed by atoms with Gasteiger partial charge in [0, 0.05) is 11.5 Å². The summed E-state index contributed by atoms with van der Waals surface area (Å²) in [6.45, 7) is -0.662. The largest absolute Gasteiger partial charge is 0.457 e. The number of halogens is 1. The van der Waals surface area contributed by atoms with Gasteiger partial charge in [-0.05, 0) is 30.0 Å². The first-order valence-corrected chi connectivity index (χ1v) is 9.55. The summed E-state index contributed by atoms with van der Waals surface area (Å²) in [4.78, 5) is 0. The van der Waals surface area contributed by atoms with Gasteiger partial charge in [0.1, 0.15) is 11.5 Å². The highest BCUT2D eigenvalue weighted by Gasteiger charge is 2.11. The van der Waals surface area contributed by atoms with Gasteiger partial charge in [-0.1, -0.05) is 42.5 Å². The van der Waals surface area contributed by atoms with Crippen LogP contribution in [0.2, 0.25) is 0 Å². The third-order valence-corrected chi connectivity index (χ3v) is 5.00. The van der Waals surface area contributed by atoms with Crippen LogP contribution in [-0.4, -0.2) is 20.8 Å². The van der Waals surface area contributed by atoms with Crippen LogP contribution in [0.1, 0.15) is 6.42 Å². The van der Waals surface area contributed by atoms with Crippen LogP contribution in [0.5, 0.6) is 11.5 Å². The van der Waals surface area contributed by atoms with Crippen molar-refractivity contribution in [1.82, 2.24) is 0 Å². The van der Waals surface area contributed by atoms with Crippen LogP contribution in [0.25, 0.3) is 10.8 Å². The number of fused-ring (bicyclic) bond motifs is 1. The van der Waals surface area contributed by atoms with Crippen LogP contribution in [0.3, 0.4) is 0 Å². The molecule has 0 aliphatic rings. The van der Waals surface area contributed by atoms with Crippen LogP contribution < -0.4 is 9.46 Å². The smallest absolute Gasteiger partial charge is 0.232 e. The highest BCUT2D eigenvalue weighted by Crippen LogP contribution is 2.30. The molecule has 0 fully saturated rings. The van der Waals surface area contributed by atoms with Gasteiger partial charge in [0.25, 0.3) is 0 Å². The Labute approximate surface area is 146 Å². The molecule has 4 nitrogen and oxygen atoms in total. The number of nitrogens with one attached hydrogen (secondary N) is 1. The minimum absolute atomic E-state index is 0.0263. The fraction of sp³-hybridized carbons (Fsp3) is 0.158. The average molecular weight is 359 g/mol. The second kappa shape index (κ2) is 7.53. The fourth-order valence-electron chi connectivity index (χ4n) is 2.51. The summed E-state index contributed by atoms with van der Waals surface area (Å²) in [5.74, 6) is 0.954. The van der Waals surface area contributed by atoms with Gasteiger partial charge < -0.3 is 4.74 Å². The summed E-state index contributed by atoms with van der Waals surface area (Å²) in [5.41, 5.74) is 0.386. The van der Waals surface area contributed by atoms with E-state index >= 15 is 0 Å². The lowest BCUT2D eigenvalue weighted by Crippen LogP contribution is -2.17. The van der Waals surface area contributed by atoms with Crippen LogP contribution in [0.15, 0.2) is 66.7 Å². The maximum atomic E-state index is 12.2. The van der Waals surface area contributed by atoms with E-state index in [0.29, 0.717) is 17.2 Å². The zero-order chi connectivity index (χ0) is 17.7. The van der Waals surface area contributed by atoms with E-state index in [0.717, 1.165) is 10.8 Å². The third kappa shape index (κ3) is 4.48. The van der Waals surface area contributed by atoms with Crippen molar-refractivity contribution in [2.75, 3.05) is 17.1 Å². The molecule has 25 heavy (non-hydrogen) atoms. The van der Waals surface area contributed by atoms with Crippen molar-refractivity contribution in [3.8, 4) is 11.5 Å². The Hall–Kier alpha value is -2.60. The maximum absolute atomic E-state index is 12.2. The Kier molecular flexibility index (Phi) is 5.19. The van der Waals surface area contributed by atoms with Crippen LogP contribution in [0, 0.1) is 0 Å². The van der Waals surface area contributed by atoms with E-state index in [2.05, 4.69) is 4.72 Å². The number of sulfonamides is 1. The molecule has 0 spiro atoms. The van der Waals surface area contributed by atoms with Crippen molar-refractivity contribution in [3.63, 3.8) is 0 Å². The molecular weight excluding hydrogens is 341 g/mol. The second-order valence-corrected chi connectivity index (χ2v) is 7.41. The first-order valence-electron chi connectivity index (χ1n) is 7.89. The minimum Gasteiger partial charge on any atom is -0.457 e. The molecule has 0 saturated carbocycles. The molecule has 0 aliphatic heterocycles. The van der Waals surface area contributed by atoms with E-state index in [4.69, 9.17) is 4.74 Å². The Balaban J connectivity index is 1.82. The van der Waals surface area contributed by atoms with E-state index in [1.165, 1.54) is 0 Å². The first-order chi connectivity index (χ1) is 12.1. The summed E-state index contributed by atoms with van der Waals surface area (Å²) >= 11 is 0. The molecule has 0 radical (unpaired) electrons. The van der Waals surface area contributed by atoms with Gasteiger partial charge in [0.2, 0.25) is 10.0 Å². The molecule has 1 N–H and O–H groups in total. The summed E-state index contributed by atoms with van der Waals surface area (Å²) in [5, 5.41) is 2.03. The van der Waals surface area contributed by atoms with Crippen molar-refractivity contribution >= 4 is 26.5 Å². The number of alkyl halides is 1. The molecule has 0 amide bonds. The summed E-state index contributed by atoms with van der Waals surface area (Å²) in [6, 6.07) is 20.3. The van der Waals surface area contributed by atoms with Crippen molar-refractivity contribution in [2.24, 2.45) is 0 Å². The Morgan fingerprint density at radius 2 is 1.72 bits per heavy atom. The topological polar surface area (TPSA) is 55.4 Å². The van der Waals surface area contributed by atoms with E-state index in [9.17, 15) is 12.8 Å². The van der Waals surface area contributed by atoms with Crippen LogP contribution in [0.4, 0.5) is 10.1 Å². The highest BCUT2D eigenvalue weighted by atomic mass is 32.2. The zero-order valence-corrected chi connectivity index (χ0v) is 14.3. The second-order valence-electron chi connectivity index (χ2n) is 5.57. The van der Waals surface area contributed by atoms with Crippen molar-refractivity contribution in [2.45, 2.75) is 6.42 Å². The lowest BCUT2D eigenvalue weighted by atomic mass is 10.1. The molecule has 0 heterocycles. The quantitative estimate of drug-likeness (QED) is 0.663. The van der Waals surface area contributed by atoms with Gasteiger partial charge in [0.05, 0.1) is 18.1 Å². The summed E-state index contributed by atoms with van der Waals surface area (Å²) in [6.07, 6.45) is -0.0263. The Morgan fingerprint density at radius 1 is 0.960 bits per heavy atom. The zero-order valence-electron chi connectivity index (χ0n) is 13.5. The number of anilines is 1. The number of rotatable bonds is 7. The van der Waals surface area contributed by atoms with E-state index < -0.39 is 16.7 Å². The van der Waals surface area contributed by atoms with Crippen molar-refractivity contribution in [1.29, 1.82) is 0 Å². The maximum Gasteiger partial charge on any atom is 0.232 e. The number of ether oxygens (including phenoxy) is 1. The lowest BCUT2D eigenvalue weighted by Gasteiger charge is -2.11. The normalized spacial score (nSPS) is 11.4. The van der Waals surface area contributed by atoms with E-state index in [-0.39, 0.29) is 12.2 Å². The fourth-order valence-corrected chi connectivity index (χ4v) is 3.59. The SMILES string of the molecule is O=S(=O)(CCCF)Nc1cccc(Oc2cccc3ccccc23)c1. The molecule has 3 aromatic carbocycles. The molecule has 3 aromatic rings. The van der Waals surface area contributed by atoms with Crippen molar-refractivity contribution < 1.29 is 17.5 Å². The molecule has 0 saturated heterocycles. The van der Waals surface area contributed by atoms with Gasteiger partial charge in [-0.3, -0.25) is 9.11 Å². The van der Waals surface area contributed by atoms with Crippen molar-refractivity contribution in [3.05, 3.63) is 66.7 Å². The monoisotopic (exact) mass is 359 g/mol. The summed E-state index contributed by atoms with van der Waals surface area (Å²) in [7, 11) is -3.57. The molecule has 6 heteroatoms. The van der Waals surface area contributed by atoms with Gasteiger partial charge in [-0.2, -0.15) is 0 Å². The third-order valence-electron chi connectivity index (χ3n) is 3.63. The molecule has 0 aliphatic carbocycles. The summed E-state index contributed by atoms with van der Waals surface area (Å²) < 4.78 is 44.3. The molecule has 0 atom stereocenters. The Bertz CT molecular complexity index is 968. The van der Waals surface area contributed by atoms with Crippen LogP contribution in [-0.2, 0) is 10.0 Å².